The Balaban J connectivity index is 2.38. The van der Waals surface area contributed by atoms with Gasteiger partial charge in [0.25, 0.3) is 0 Å². The standard InChI is InChI=1S/C13H23N3O3S/c1-20(18,19)16-10-6-9-15-12(17)13(11-14)7-4-2-3-5-8-13/h16H,2-10H2,1H3,(H,15,17). The van der Waals surface area contributed by atoms with E-state index < -0.39 is 15.4 Å². The van der Waals surface area contributed by atoms with Crippen molar-refractivity contribution in [2.75, 3.05) is 19.3 Å². The van der Waals surface area contributed by atoms with Gasteiger partial charge in [0.15, 0.2) is 0 Å². The first-order valence-corrected chi connectivity index (χ1v) is 8.93. The summed E-state index contributed by atoms with van der Waals surface area (Å²) in [5.41, 5.74) is -0.888. The Kier molecular flexibility index (Phi) is 6.43. The Hall–Kier alpha value is -1.13. The second-order valence-electron chi connectivity index (χ2n) is 5.38. The molecule has 0 radical (unpaired) electrons. The molecule has 7 heteroatoms. The van der Waals surface area contributed by atoms with Gasteiger partial charge in [0.2, 0.25) is 15.9 Å². The maximum Gasteiger partial charge on any atom is 0.240 e. The van der Waals surface area contributed by atoms with Crippen LogP contribution in [0.4, 0.5) is 0 Å². The molecule has 1 amide bonds. The van der Waals surface area contributed by atoms with Gasteiger partial charge in [-0.2, -0.15) is 5.26 Å². The van der Waals surface area contributed by atoms with E-state index in [9.17, 15) is 18.5 Å². The van der Waals surface area contributed by atoms with Crippen LogP contribution in [0.15, 0.2) is 0 Å². The summed E-state index contributed by atoms with van der Waals surface area (Å²) in [5, 5.41) is 12.1. The molecule has 1 aliphatic carbocycles. The molecule has 1 saturated carbocycles. The van der Waals surface area contributed by atoms with Crippen molar-refractivity contribution in [2.45, 2.75) is 44.9 Å². The minimum Gasteiger partial charge on any atom is -0.355 e. The maximum absolute atomic E-state index is 12.2. The molecule has 1 fully saturated rings. The number of hydrogen-bond donors (Lipinski definition) is 2. The van der Waals surface area contributed by atoms with Crippen molar-refractivity contribution in [3.05, 3.63) is 0 Å². The Bertz CT molecular complexity index is 460. The first-order valence-electron chi connectivity index (χ1n) is 7.04. The Morgan fingerprint density at radius 1 is 1.20 bits per heavy atom. The quantitative estimate of drug-likeness (QED) is 0.562. The molecule has 1 aliphatic rings. The molecule has 2 N–H and O–H groups in total. The van der Waals surface area contributed by atoms with Gasteiger partial charge in [0.1, 0.15) is 5.41 Å². The number of nitrogens with one attached hydrogen (secondary N) is 2. The lowest BCUT2D eigenvalue weighted by molar-refractivity contribution is -0.128. The van der Waals surface area contributed by atoms with Crippen molar-refractivity contribution in [1.82, 2.24) is 10.0 Å². The van der Waals surface area contributed by atoms with Crippen LogP contribution in [0.3, 0.4) is 0 Å². The van der Waals surface area contributed by atoms with Crippen LogP contribution in [-0.4, -0.2) is 33.7 Å². The molecule has 0 aromatic heterocycles. The second kappa shape index (κ2) is 7.60. The predicted molar refractivity (Wildman–Crippen MR) is 76.2 cm³/mol. The number of nitriles is 1. The van der Waals surface area contributed by atoms with E-state index in [0.29, 0.717) is 32.4 Å². The topological polar surface area (TPSA) is 99.1 Å². The lowest BCUT2D eigenvalue weighted by Gasteiger charge is -2.23. The summed E-state index contributed by atoms with van der Waals surface area (Å²) >= 11 is 0. The number of sulfonamides is 1. The fraction of sp³-hybridized carbons (Fsp3) is 0.846. The third kappa shape index (κ3) is 5.47. The molecule has 0 aliphatic heterocycles. The normalized spacial score (nSPS) is 18.8. The highest BCUT2D eigenvalue weighted by atomic mass is 32.2. The minimum atomic E-state index is -3.18. The van der Waals surface area contributed by atoms with E-state index in [-0.39, 0.29) is 5.91 Å². The number of amides is 1. The molecule has 114 valence electrons. The van der Waals surface area contributed by atoms with Gasteiger partial charge >= 0.3 is 0 Å². The van der Waals surface area contributed by atoms with Gasteiger partial charge in [-0.3, -0.25) is 4.79 Å². The molecule has 0 aromatic carbocycles. The highest BCUT2D eigenvalue weighted by Crippen LogP contribution is 2.34. The van der Waals surface area contributed by atoms with Gasteiger partial charge in [0, 0.05) is 13.1 Å². The van der Waals surface area contributed by atoms with Crippen LogP contribution in [0.5, 0.6) is 0 Å². The summed E-state index contributed by atoms with van der Waals surface area (Å²) in [5.74, 6) is -0.207. The fourth-order valence-electron chi connectivity index (χ4n) is 2.44. The van der Waals surface area contributed by atoms with Crippen LogP contribution in [-0.2, 0) is 14.8 Å². The molecule has 0 unspecified atom stereocenters. The average molecular weight is 301 g/mol. The van der Waals surface area contributed by atoms with E-state index >= 15 is 0 Å². The highest BCUT2D eigenvalue weighted by molar-refractivity contribution is 7.88. The van der Waals surface area contributed by atoms with Crippen molar-refractivity contribution in [3.8, 4) is 6.07 Å². The van der Waals surface area contributed by atoms with E-state index in [1.54, 1.807) is 0 Å². The zero-order valence-electron chi connectivity index (χ0n) is 11.9. The molecule has 0 saturated heterocycles. The summed E-state index contributed by atoms with van der Waals surface area (Å²) in [4.78, 5) is 12.2. The molecule has 6 nitrogen and oxygen atoms in total. The van der Waals surface area contributed by atoms with Crippen molar-refractivity contribution in [1.29, 1.82) is 5.26 Å². The van der Waals surface area contributed by atoms with Gasteiger partial charge in [-0.05, 0) is 19.3 Å². The molecular formula is C13H23N3O3S. The minimum absolute atomic E-state index is 0.207. The molecule has 20 heavy (non-hydrogen) atoms. The van der Waals surface area contributed by atoms with Crippen LogP contribution in [0, 0.1) is 16.7 Å². The van der Waals surface area contributed by atoms with Crippen molar-refractivity contribution in [3.63, 3.8) is 0 Å². The maximum atomic E-state index is 12.2. The van der Waals surface area contributed by atoms with Crippen molar-refractivity contribution >= 4 is 15.9 Å². The van der Waals surface area contributed by atoms with E-state index in [4.69, 9.17) is 0 Å². The van der Waals surface area contributed by atoms with Crippen LogP contribution in [0.25, 0.3) is 0 Å². The number of hydrogen-bond acceptors (Lipinski definition) is 4. The fourth-order valence-corrected chi connectivity index (χ4v) is 2.95. The Morgan fingerprint density at radius 3 is 2.30 bits per heavy atom. The van der Waals surface area contributed by atoms with Gasteiger partial charge in [-0.25, -0.2) is 13.1 Å². The average Bonchev–Trinajstić information content (AvgIpc) is 2.63. The summed E-state index contributed by atoms with van der Waals surface area (Å²) in [6.07, 6.45) is 6.84. The monoisotopic (exact) mass is 301 g/mol. The van der Waals surface area contributed by atoms with E-state index in [1.807, 2.05) is 0 Å². The first-order chi connectivity index (χ1) is 9.40. The largest absolute Gasteiger partial charge is 0.355 e. The molecule has 0 heterocycles. The smallest absolute Gasteiger partial charge is 0.240 e. The molecule has 0 bridgehead atoms. The van der Waals surface area contributed by atoms with Crippen LogP contribution in [0.2, 0.25) is 0 Å². The third-order valence-corrected chi connectivity index (χ3v) is 4.34. The molecule has 0 spiro atoms. The van der Waals surface area contributed by atoms with Gasteiger partial charge in [-0.1, -0.05) is 25.7 Å². The molecule has 0 aromatic rings. The first kappa shape index (κ1) is 16.9. The number of carbonyl (C=O) groups excluding carboxylic acids is 1. The van der Waals surface area contributed by atoms with Gasteiger partial charge in [0.05, 0.1) is 12.3 Å². The highest BCUT2D eigenvalue weighted by Gasteiger charge is 2.38. The number of carbonyl (C=O) groups is 1. The molecule has 1 rings (SSSR count). The van der Waals surface area contributed by atoms with Gasteiger partial charge < -0.3 is 5.32 Å². The summed E-state index contributed by atoms with van der Waals surface area (Å²) in [6.45, 7) is 0.670. The lowest BCUT2D eigenvalue weighted by atomic mass is 9.81. The van der Waals surface area contributed by atoms with E-state index in [1.165, 1.54) is 0 Å². The van der Waals surface area contributed by atoms with E-state index in [2.05, 4.69) is 16.1 Å². The van der Waals surface area contributed by atoms with Crippen LogP contribution >= 0.6 is 0 Å². The molecular weight excluding hydrogens is 278 g/mol. The Labute approximate surface area is 121 Å². The van der Waals surface area contributed by atoms with E-state index in [0.717, 1.165) is 31.9 Å². The Morgan fingerprint density at radius 2 is 1.80 bits per heavy atom. The summed E-state index contributed by atoms with van der Waals surface area (Å²) in [7, 11) is -3.18. The number of rotatable bonds is 6. The molecule has 0 atom stereocenters. The zero-order chi connectivity index (χ0) is 15.1. The van der Waals surface area contributed by atoms with Crippen molar-refractivity contribution < 1.29 is 13.2 Å². The van der Waals surface area contributed by atoms with Crippen molar-refractivity contribution in [2.24, 2.45) is 5.41 Å². The third-order valence-electron chi connectivity index (χ3n) is 3.61. The predicted octanol–water partition coefficient (Wildman–Crippen LogP) is 0.906. The van der Waals surface area contributed by atoms with Crippen LogP contribution in [0.1, 0.15) is 44.9 Å². The lowest BCUT2D eigenvalue weighted by Crippen LogP contribution is -2.41. The second-order valence-corrected chi connectivity index (χ2v) is 7.22. The SMILES string of the molecule is CS(=O)(=O)NCCCNC(=O)C1(C#N)CCCCCC1. The van der Waals surface area contributed by atoms with Gasteiger partial charge in [-0.15, -0.1) is 0 Å². The number of nitrogens with zero attached hydrogens (tertiary/aromatic N) is 1. The zero-order valence-corrected chi connectivity index (χ0v) is 12.8. The summed E-state index contributed by atoms with van der Waals surface area (Å²) < 4.78 is 24.1. The van der Waals surface area contributed by atoms with Crippen LogP contribution < -0.4 is 10.0 Å². The summed E-state index contributed by atoms with van der Waals surface area (Å²) in [6, 6.07) is 2.20.